The van der Waals surface area contributed by atoms with Crippen molar-refractivity contribution >= 4 is 0 Å². The Balaban J connectivity index is 1.59. The van der Waals surface area contributed by atoms with Crippen LogP contribution in [0.15, 0.2) is 0 Å². The summed E-state index contributed by atoms with van der Waals surface area (Å²) in [6.45, 7) is 3.60. The number of likely N-dealkylation sites (tertiary alicyclic amines) is 1. The van der Waals surface area contributed by atoms with Crippen LogP contribution in [0.3, 0.4) is 0 Å². The van der Waals surface area contributed by atoms with Crippen molar-refractivity contribution in [3.05, 3.63) is 0 Å². The molecule has 0 atom stereocenters. The van der Waals surface area contributed by atoms with E-state index in [1.54, 1.807) is 0 Å². The molecule has 0 aromatic heterocycles. The molecule has 0 amide bonds. The largest absolute Gasteiger partial charge is 0.325 e. The molecule has 1 saturated carbocycles. The van der Waals surface area contributed by atoms with E-state index in [2.05, 4.69) is 4.90 Å². The first-order valence-corrected chi connectivity index (χ1v) is 6.32. The minimum Gasteiger partial charge on any atom is -0.325 e. The Labute approximate surface area is 87.8 Å². The fraction of sp³-hybridized carbons (Fsp3) is 1.00. The normalized spacial score (nSPS) is 27.2. The topological polar surface area (TPSA) is 29.3 Å². The average Bonchev–Trinajstić information content (AvgIpc) is 2.38. The summed E-state index contributed by atoms with van der Waals surface area (Å²) >= 11 is 0. The molecule has 0 unspecified atom stereocenters. The second kappa shape index (κ2) is 5.13. The van der Waals surface area contributed by atoms with Crippen LogP contribution in [0.5, 0.6) is 0 Å². The molecule has 2 fully saturated rings. The van der Waals surface area contributed by atoms with E-state index in [0.29, 0.717) is 6.04 Å². The van der Waals surface area contributed by atoms with Crippen molar-refractivity contribution in [1.82, 2.24) is 4.90 Å². The molecule has 0 spiro atoms. The Morgan fingerprint density at radius 3 is 2.21 bits per heavy atom. The van der Waals surface area contributed by atoms with Gasteiger partial charge < -0.3 is 10.6 Å². The van der Waals surface area contributed by atoms with Gasteiger partial charge in [0.1, 0.15) is 0 Å². The van der Waals surface area contributed by atoms with Crippen molar-refractivity contribution in [2.75, 3.05) is 19.6 Å². The van der Waals surface area contributed by atoms with E-state index in [9.17, 15) is 0 Å². The predicted octanol–water partition coefficient (Wildman–Crippen LogP) is 1.99. The standard InChI is InChI=1S/C12H24N2/c13-12-9-14(10-12)8-7-11-5-3-1-2-4-6-11/h11-12H,1-10,13H2. The van der Waals surface area contributed by atoms with Crippen LogP contribution >= 0.6 is 0 Å². The summed E-state index contributed by atoms with van der Waals surface area (Å²) in [7, 11) is 0. The summed E-state index contributed by atoms with van der Waals surface area (Å²) in [6.07, 6.45) is 10.3. The van der Waals surface area contributed by atoms with Crippen molar-refractivity contribution < 1.29 is 0 Å². The molecule has 0 aromatic carbocycles. The molecule has 0 bridgehead atoms. The van der Waals surface area contributed by atoms with Crippen LogP contribution in [0.1, 0.15) is 44.9 Å². The Morgan fingerprint density at radius 2 is 1.64 bits per heavy atom. The van der Waals surface area contributed by atoms with Gasteiger partial charge in [0, 0.05) is 19.1 Å². The van der Waals surface area contributed by atoms with E-state index in [4.69, 9.17) is 5.73 Å². The fourth-order valence-corrected chi connectivity index (χ4v) is 2.81. The van der Waals surface area contributed by atoms with E-state index in [0.717, 1.165) is 19.0 Å². The van der Waals surface area contributed by atoms with Gasteiger partial charge in [0.2, 0.25) is 0 Å². The van der Waals surface area contributed by atoms with Gasteiger partial charge in [-0.15, -0.1) is 0 Å². The van der Waals surface area contributed by atoms with Gasteiger partial charge >= 0.3 is 0 Å². The van der Waals surface area contributed by atoms with Crippen LogP contribution in [0, 0.1) is 5.92 Å². The highest BCUT2D eigenvalue weighted by atomic mass is 15.2. The summed E-state index contributed by atoms with van der Waals surface area (Å²) in [5.74, 6) is 1.02. The number of hydrogen-bond acceptors (Lipinski definition) is 2. The molecule has 1 heterocycles. The lowest BCUT2D eigenvalue weighted by Crippen LogP contribution is -2.55. The van der Waals surface area contributed by atoms with Crippen LogP contribution < -0.4 is 5.73 Å². The van der Waals surface area contributed by atoms with E-state index in [-0.39, 0.29) is 0 Å². The van der Waals surface area contributed by atoms with Crippen molar-refractivity contribution in [3.8, 4) is 0 Å². The minimum atomic E-state index is 0.476. The Kier molecular flexibility index (Phi) is 3.82. The number of nitrogens with two attached hydrogens (primary N) is 1. The molecule has 2 rings (SSSR count). The first-order chi connectivity index (χ1) is 6.84. The van der Waals surface area contributed by atoms with Gasteiger partial charge in [0.15, 0.2) is 0 Å². The lowest BCUT2D eigenvalue weighted by molar-refractivity contribution is 0.138. The molecule has 2 aliphatic rings. The zero-order chi connectivity index (χ0) is 9.80. The second-order valence-corrected chi connectivity index (χ2v) is 5.17. The highest BCUT2D eigenvalue weighted by Crippen LogP contribution is 2.25. The molecule has 1 aliphatic carbocycles. The smallest absolute Gasteiger partial charge is 0.0297 e. The van der Waals surface area contributed by atoms with Crippen molar-refractivity contribution in [1.29, 1.82) is 0 Å². The highest BCUT2D eigenvalue weighted by Gasteiger charge is 2.23. The third kappa shape index (κ3) is 2.96. The highest BCUT2D eigenvalue weighted by molar-refractivity contribution is 4.82. The van der Waals surface area contributed by atoms with Crippen molar-refractivity contribution in [2.24, 2.45) is 11.7 Å². The SMILES string of the molecule is NC1CN(CCC2CCCCCC2)C1. The fourth-order valence-electron chi connectivity index (χ4n) is 2.81. The average molecular weight is 196 g/mol. The van der Waals surface area contributed by atoms with Gasteiger partial charge in [-0.25, -0.2) is 0 Å². The van der Waals surface area contributed by atoms with Gasteiger partial charge in [-0.1, -0.05) is 38.5 Å². The zero-order valence-electron chi connectivity index (χ0n) is 9.25. The maximum Gasteiger partial charge on any atom is 0.0297 e. The summed E-state index contributed by atoms with van der Waals surface area (Å²) in [5.41, 5.74) is 5.76. The number of hydrogen-bond donors (Lipinski definition) is 1. The molecule has 82 valence electrons. The van der Waals surface area contributed by atoms with Crippen LogP contribution in [0.25, 0.3) is 0 Å². The first-order valence-electron chi connectivity index (χ1n) is 6.32. The summed E-state index contributed by atoms with van der Waals surface area (Å²) < 4.78 is 0. The van der Waals surface area contributed by atoms with E-state index >= 15 is 0 Å². The second-order valence-electron chi connectivity index (χ2n) is 5.17. The minimum absolute atomic E-state index is 0.476. The quantitative estimate of drug-likeness (QED) is 0.699. The summed E-state index contributed by atoms with van der Waals surface area (Å²) in [6, 6.07) is 0.476. The first kappa shape index (κ1) is 10.4. The van der Waals surface area contributed by atoms with Crippen molar-refractivity contribution in [3.63, 3.8) is 0 Å². The maximum atomic E-state index is 5.76. The molecule has 0 radical (unpaired) electrons. The molecule has 1 saturated heterocycles. The van der Waals surface area contributed by atoms with E-state index < -0.39 is 0 Å². The molecule has 1 aliphatic heterocycles. The third-order valence-electron chi connectivity index (χ3n) is 3.81. The monoisotopic (exact) mass is 196 g/mol. The Bertz CT molecular complexity index is 156. The van der Waals surface area contributed by atoms with Gasteiger partial charge in [-0.05, 0) is 18.9 Å². The molecular weight excluding hydrogens is 172 g/mol. The molecule has 2 heteroatoms. The third-order valence-corrected chi connectivity index (χ3v) is 3.81. The summed E-state index contributed by atoms with van der Waals surface area (Å²) in [5, 5.41) is 0. The zero-order valence-corrected chi connectivity index (χ0v) is 9.25. The van der Waals surface area contributed by atoms with Gasteiger partial charge in [0.05, 0.1) is 0 Å². The summed E-state index contributed by atoms with van der Waals surface area (Å²) in [4.78, 5) is 2.51. The van der Waals surface area contributed by atoms with Crippen LogP contribution in [0.2, 0.25) is 0 Å². The van der Waals surface area contributed by atoms with Gasteiger partial charge in [-0.2, -0.15) is 0 Å². The van der Waals surface area contributed by atoms with Gasteiger partial charge in [0.25, 0.3) is 0 Å². The molecule has 2 N–H and O–H groups in total. The van der Waals surface area contributed by atoms with Crippen LogP contribution in [0.4, 0.5) is 0 Å². The predicted molar refractivity (Wildman–Crippen MR) is 60.2 cm³/mol. The Morgan fingerprint density at radius 1 is 1.00 bits per heavy atom. The maximum absolute atomic E-state index is 5.76. The van der Waals surface area contributed by atoms with E-state index in [1.165, 1.54) is 51.5 Å². The molecule has 2 nitrogen and oxygen atoms in total. The van der Waals surface area contributed by atoms with Gasteiger partial charge in [-0.3, -0.25) is 0 Å². The van der Waals surface area contributed by atoms with Crippen LogP contribution in [-0.2, 0) is 0 Å². The van der Waals surface area contributed by atoms with Crippen LogP contribution in [-0.4, -0.2) is 30.6 Å². The number of nitrogens with zero attached hydrogens (tertiary/aromatic N) is 1. The van der Waals surface area contributed by atoms with Crippen molar-refractivity contribution in [2.45, 2.75) is 51.0 Å². The van der Waals surface area contributed by atoms with E-state index in [1.807, 2.05) is 0 Å². The number of rotatable bonds is 3. The lowest BCUT2D eigenvalue weighted by atomic mass is 9.95. The Hall–Kier alpha value is -0.0800. The molecular formula is C12H24N2. The molecule has 14 heavy (non-hydrogen) atoms. The lowest BCUT2D eigenvalue weighted by Gasteiger charge is -2.37. The molecule has 0 aromatic rings.